The molecular formula is C13H12ClF3N4O. The molecule has 0 spiro atoms. The minimum Gasteiger partial charge on any atom is -0.455 e. The maximum Gasteiger partial charge on any atom is 0.417 e. The molecule has 0 atom stereocenters. The fraction of sp³-hybridized carbons (Fsp3) is 0.0769. The molecule has 0 saturated carbocycles. The molecule has 0 aliphatic carbocycles. The molecule has 0 saturated heterocycles. The van der Waals surface area contributed by atoms with Crippen LogP contribution in [0.1, 0.15) is 11.3 Å². The second-order valence-corrected chi connectivity index (χ2v) is 4.01. The van der Waals surface area contributed by atoms with Crippen LogP contribution in [0.4, 0.5) is 13.2 Å². The predicted molar refractivity (Wildman–Crippen MR) is 79.8 cm³/mol. The lowest BCUT2D eigenvalue weighted by molar-refractivity contribution is -0.137. The Kier molecular flexibility index (Phi) is 5.58. The SMILES string of the molecule is Cl.NC(N)=N/N=C/c1ccc(-c2ccccc2C(F)(F)F)o1. The van der Waals surface area contributed by atoms with E-state index in [1.807, 2.05) is 0 Å². The molecule has 0 amide bonds. The number of furan rings is 1. The van der Waals surface area contributed by atoms with Crippen LogP contribution in [-0.2, 0) is 6.18 Å². The summed E-state index contributed by atoms with van der Waals surface area (Å²) in [5, 5.41) is 6.88. The van der Waals surface area contributed by atoms with Gasteiger partial charge in [0, 0.05) is 5.56 Å². The molecule has 0 bridgehead atoms. The van der Waals surface area contributed by atoms with Crippen LogP contribution < -0.4 is 11.5 Å². The van der Waals surface area contributed by atoms with Gasteiger partial charge in [-0.05, 0) is 18.2 Å². The largest absolute Gasteiger partial charge is 0.455 e. The topological polar surface area (TPSA) is 89.9 Å². The molecule has 5 nitrogen and oxygen atoms in total. The van der Waals surface area contributed by atoms with E-state index in [2.05, 4.69) is 10.2 Å². The molecule has 118 valence electrons. The van der Waals surface area contributed by atoms with Gasteiger partial charge in [-0.1, -0.05) is 18.2 Å². The van der Waals surface area contributed by atoms with Crippen molar-refractivity contribution in [3.8, 4) is 11.3 Å². The van der Waals surface area contributed by atoms with Crippen molar-refractivity contribution in [2.24, 2.45) is 21.7 Å². The summed E-state index contributed by atoms with van der Waals surface area (Å²) < 4.78 is 44.0. The Labute approximate surface area is 129 Å². The fourth-order valence-corrected chi connectivity index (χ4v) is 1.66. The average Bonchev–Trinajstić information content (AvgIpc) is 2.86. The predicted octanol–water partition coefficient (Wildman–Crippen LogP) is 2.99. The van der Waals surface area contributed by atoms with Crippen molar-refractivity contribution < 1.29 is 17.6 Å². The monoisotopic (exact) mass is 332 g/mol. The third kappa shape index (κ3) is 4.26. The van der Waals surface area contributed by atoms with Crippen molar-refractivity contribution >= 4 is 24.6 Å². The summed E-state index contributed by atoms with van der Waals surface area (Å²) in [6.45, 7) is 0. The highest BCUT2D eigenvalue weighted by Crippen LogP contribution is 2.37. The Bertz CT molecular complexity index is 691. The highest BCUT2D eigenvalue weighted by Gasteiger charge is 2.33. The number of nitrogens with two attached hydrogens (primary N) is 2. The molecule has 2 rings (SSSR count). The van der Waals surface area contributed by atoms with Crippen LogP contribution in [-0.4, -0.2) is 12.2 Å². The van der Waals surface area contributed by atoms with Gasteiger partial charge in [-0.3, -0.25) is 0 Å². The van der Waals surface area contributed by atoms with Crippen LogP contribution in [0.25, 0.3) is 11.3 Å². The average molecular weight is 333 g/mol. The quantitative estimate of drug-likeness (QED) is 0.514. The van der Waals surface area contributed by atoms with Gasteiger partial charge in [0.05, 0.1) is 11.8 Å². The molecule has 2 aromatic rings. The lowest BCUT2D eigenvalue weighted by atomic mass is 10.1. The van der Waals surface area contributed by atoms with Gasteiger partial charge in [0.25, 0.3) is 0 Å². The van der Waals surface area contributed by atoms with Gasteiger partial charge in [-0.15, -0.1) is 17.5 Å². The zero-order valence-electron chi connectivity index (χ0n) is 11.0. The number of alkyl halides is 3. The zero-order chi connectivity index (χ0) is 15.5. The molecule has 1 aromatic heterocycles. The van der Waals surface area contributed by atoms with Gasteiger partial charge in [-0.2, -0.15) is 18.3 Å². The van der Waals surface area contributed by atoms with Gasteiger partial charge >= 0.3 is 6.18 Å². The summed E-state index contributed by atoms with van der Waals surface area (Å²) in [5.74, 6) is 0.0708. The van der Waals surface area contributed by atoms with E-state index in [0.717, 1.165) is 6.07 Å². The molecule has 9 heteroatoms. The summed E-state index contributed by atoms with van der Waals surface area (Å²) in [6, 6.07) is 8.02. The van der Waals surface area contributed by atoms with Gasteiger partial charge in [0.1, 0.15) is 11.5 Å². The van der Waals surface area contributed by atoms with Crippen molar-refractivity contribution in [2.75, 3.05) is 0 Å². The number of nitrogens with zero attached hydrogens (tertiary/aromatic N) is 2. The summed E-state index contributed by atoms with van der Waals surface area (Å²) in [4.78, 5) is 0. The molecular weight excluding hydrogens is 321 g/mol. The summed E-state index contributed by atoms with van der Waals surface area (Å²) >= 11 is 0. The Hall–Kier alpha value is -2.48. The number of rotatable bonds is 3. The number of benzene rings is 1. The van der Waals surface area contributed by atoms with Crippen LogP contribution in [0, 0.1) is 0 Å². The third-order valence-electron chi connectivity index (χ3n) is 2.48. The maximum atomic E-state index is 12.9. The van der Waals surface area contributed by atoms with Crippen LogP contribution in [0.5, 0.6) is 0 Å². The fourth-order valence-electron chi connectivity index (χ4n) is 1.66. The van der Waals surface area contributed by atoms with E-state index in [9.17, 15) is 13.2 Å². The van der Waals surface area contributed by atoms with Crippen LogP contribution >= 0.6 is 12.4 Å². The summed E-state index contributed by atoms with van der Waals surface area (Å²) in [6.07, 6.45) is -3.27. The molecule has 0 fully saturated rings. The zero-order valence-corrected chi connectivity index (χ0v) is 11.9. The smallest absolute Gasteiger partial charge is 0.417 e. The standard InChI is InChI=1S/C13H11F3N4O.ClH/c14-13(15,16)10-4-2-1-3-9(10)11-6-5-8(21-11)7-19-20-12(17)18;/h1-7H,(H4,17,18,20);1H/b19-7+;. The number of hydrogen-bond acceptors (Lipinski definition) is 3. The molecule has 0 radical (unpaired) electrons. The van der Waals surface area contributed by atoms with E-state index in [1.165, 1.54) is 36.5 Å². The Morgan fingerprint density at radius 2 is 1.77 bits per heavy atom. The van der Waals surface area contributed by atoms with Crippen molar-refractivity contribution in [3.63, 3.8) is 0 Å². The Morgan fingerprint density at radius 3 is 2.41 bits per heavy atom. The van der Waals surface area contributed by atoms with Crippen LogP contribution in [0.2, 0.25) is 0 Å². The summed E-state index contributed by atoms with van der Waals surface area (Å²) in [5.41, 5.74) is 9.34. The van der Waals surface area contributed by atoms with E-state index >= 15 is 0 Å². The van der Waals surface area contributed by atoms with E-state index in [-0.39, 0.29) is 35.5 Å². The third-order valence-corrected chi connectivity index (χ3v) is 2.48. The molecule has 0 aliphatic heterocycles. The highest BCUT2D eigenvalue weighted by molar-refractivity contribution is 5.85. The maximum absolute atomic E-state index is 12.9. The van der Waals surface area contributed by atoms with Crippen LogP contribution in [0.15, 0.2) is 51.0 Å². The molecule has 0 unspecified atom stereocenters. The van der Waals surface area contributed by atoms with Gasteiger partial charge in [-0.25, -0.2) is 0 Å². The van der Waals surface area contributed by atoms with Crippen molar-refractivity contribution in [3.05, 3.63) is 47.7 Å². The second-order valence-electron chi connectivity index (χ2n) is 4.01. The van der Waals surface area contributed by atoms with Crippen LogP contribution in [0.3, 0.4) is 0 Å². The first-order chi connectivity index (χ1) is 9.88. The first-order valence-electron chi connectivity index (χ1n) is 5.76. The van der Waals surface area contributed by atoms with Gasteiger partial charge in [0.2, 0.25) is 5.96 Å². The minimum atomic E-state index is -4.46. The summed E-state index contributed by atoms with van der Waals surface area (Å²) in [7, 11) is 0. The molecule has 0 aliphatic rings. The first kappa shape index (κ1) is 17.6. The van der Waals surface area contributed by atoms with Gasteiger partial charge in [0.15, 0.2) is 0 Å². The van der Waals surface area contributed by atoms with E-state index in [1.54, 1.807) is 0 Å². The normalized spacial score (nSPS) is 11.2. The number of guanidine groups is 1. The van der Waals surface area contributed by atoms with Gasteiger partial charge < -0.3 is 15.9 Å². The van der Waals surface area contributed by atoms with E-state index in [0.29, 0.717) is 0 Å². The Morgan fingerprint density at radius 1 is 1.09 bits per heavy atom. The number of hydrogen-bond donors (Lipinski definition) is 2. The minimum absolute atomic E-state index is 0. The lowest BCUT2D eigenvalue weighted by Gasteiger charge is -2.10. The second kappa shape index (κ2) is 6.99. The van der Waals surface area contributed by atoms with E-state index < -0.39 is 11.7 Å². The number of halogens is 4. The van der Waals surface area contributed by atoms with E-state index in [4.69, 9.17) is 15.9 Å². The molecule has 1 heterocycles. The Balaban J connectivity index is 0.00000242. The first-order valence-corrected chi connectivity index (χ1v) is 5.76. The van der Waals surface area contributed by atoms with Crippen molar-refractivity contribution in [2.45, 2.75) is 6.18 Å². The highest BCUT2D eigenvalue weighted by atomic mass is 35.5. The molecule has 22 heavy (non-hydrogen) atoms. The molecule has 4 N–H and O–H groups in total. The van der Waals surface area contributed by atoms with Crippen molar-refractivity contribution in [1.82, 2.24) is 0 Å². The van der Waals surface area contributed by atoms with Crippen molar-refractivity contribution in [1.29, 1.82) is 0 Å². The lowest BCUT2D eigenvalue weighted by Crippen LogP contribution is -2.21. The molecule has 1 aromatic carbocycles.